The first-order valence-electron chi connectivity index (χ1n) is 11.1. The van der Waals surface area contributed by atoms with E-state index >= 15 is 0 Å². The van der Waals surface area contributed by atoms with E-state index in [4.69, 9.17) is 0 Å². The maximum Gasteiger partial charge on any atom is 0.195 e. The van der Waals surface area contributed by atoms with E-state index in [1.54, 1.807) is 0 Å². The van der Waals surface area contributed by atoms with Crippen molar-refractivity contribution < 1.29 is 4.79 Å². The average molecular weight is 435 g/mol. The Balaban J connectivity index is 1.94. The van der Waals surface area contributed by atoms with Crippen molar-refractivity contribution in [1.29, 1.82) is 0 Å². The van der Waals surface area contributed by atoms with Gasteiger partial charge in [0.2, 0.25) is 0 Å². The van der Waals surface area contributed by atoms with Crippen LogP contribution in [-0.4, -0.2) is 11.1 Å². The normalized spacial score (nSPS) is 15.0. The number of ketones is 1. The van der Waals surface area contributed by atoms with Gasteiger partial charge in [0.05, 0.1) is 0 Å². The number of hydrogen-bond acceptors (Lipinski definition) is 1. The molecule has 0 atom stereocenters. The number of Topliss-reactive ketones (excluding diaryl/α,β-unsaturated/α-hetero) is 1. The van der Waals surface area contributed by atoms with Gasteiger partial charge >= 0.3 is 0 Å². The Bertz CT molecular complexity index is 1300. The summed E-state index contributed by atoms with van der Waals surface area (Å²) in [6.07, 6.45) is 0. The Kier molecular flexibility index (Phi) is 5.03. The molecule has 0 unspecified atom stereocenters. The minimum absolute atomic E-state index is 0.0664. The van der Waals surface area contributed by atoms with Gasteiger partial charge in [-0.05, 0) is 39.3 Å². The van der Waals surface area contributed by atoms with Gasteiger partial charge in [0.15, 0.2) is 5.78 Å². The molecule has 0 bridgehead atoms. The van der Waals surface area contributed by atoms with Crippen molar-refractivity contribution in [2.45, 2.75) is 26.2 Å². The van der Waals surface area contributed by atoms with E-state index in [9.17, 15) is 4.79 Å². The summed E-state index contributed by atoms with van der Waals surface area (Å²) in [7, 11) is 0. The zero-order chi connectivity index (χ0) is 22.3. The molecule has 0 amide bonds. The van der Waals surface area contributed by atoms with E-state index < -0.39 is 6.89 Å². The Morgan fingerprint density at radius 3 is 1.62 bits per heavy atom. The average Bonchev–Trinajstić information content (AvgIpc) is 3.09. The van der Waals surface area contributed by atoms with Crippen LogP contribution in [0.3, 0.4) is 0 Å². The zero-order valence-corrected chi connectivity index (χ0v) is 19.6. The first-order valence-corrected chi connectivity index (χ1v) is 12.9. The van der Waals surface area contributed by atoms with Crippen molar-refractivity contribution in [3.63, 3.8) is 0 Å². The Labute approximate surface area is 190 Å². The summed E-state index contributed by atoms with van der Waals surface area (Å²) in [5.41, 5.74) is 3.20. The van der Waals surface area contributed by atoms with Crippen LogP contribution in [0, 0.1) is 0 Å². The number of carbonyl (C=O) groups is 1. The molecule has 0 aromatic heterocycles. The molecule has 1 aliphatic heterocycles. The molecule has 4 aromatic carbocycles. The fourth-order valence-electron chi connectivity index (χ4n) is 4.80. The molecule has 1 nitrogen and oxygen atoms in total. The van der Waals surface area contributed by atoms with Gasteiger partial charge in [-0.1, -0.05) is 130 Å². The van der Waals surface area contributed by atoms with Crippen LogP contribution in [0.25, 0.3) is 0 Å². The third-order valence-electron chi connectivity index (χ3n) is 6.37. The molecule has 0 saturated carbocycles. The lowest BCUT2D eigenvalue weighted by Gasteiger charge is -2.28. The molecule has 1 aliphatic rings. The molecule has 32 heavy (non-hydrogen) atoms. The maximum absolute atomic E-state index is 14.0. The number of fused-ring (bicyclic) bond motifs is 1. The molecule has 5 rings (SSSR count). The summed E-state index contributed by atoms with van der Waals surface area (Å²) in [6, 6.07) is 38.1. The van der Waals surface area contributed by atoms with Gasteiger partial charge < -0.3 is 0 Å². The lowest BCUT2D eigenvalue weighted by molar-refractivity contribution is 0.107. The smallest absolute Gasteiger partial charge is 0.195 e. The topological polar surface area (TPSA) is 17.1 Å². The zero-order valence-electron chi connectivity index (χ0n) is 18.7. The lowest BCUT2D eigenvalue weighted by atomic mass is 9.86. The van der Waals surface area contributed by atoms with E-state index in [1.807, 2.05) is 24.3 Å². The van der Waals surface area contributed by atoms with Gasteiger partial charge in [-0.15, -0.1) is 0 Å². The molecule has 0 radical (unpaired) electrons. The van der Waals surface area contributed by atoms with E-state index in [0.29, 0.717) is 0 Å². The van der Waals surface area contributed by atoms with Crippen molar-refractivity contribution >= 4 is 33.9 Å². The Morgan fingerprint density at radius 1 is 0.594 bits per heavy atom. The predicted octanol–water partition coefficient (Wildman–Crippen LogP) is 5.70. The number of benzene rings is 4. The monoisotopic (exact) mass is 434 g/mol. The molecular weight excluding hydrogens is 407 g/mol. The standard InChI is InChI=1S/C30H27OP/c1-30(2,3)23-20-18-22(19-21-23)29-28(31)26-16-10-11-17-27(26)32(29,24-12-6-4-7-13-24)25-14-8-5-9-15-25/h4-21H,1-3H3. The second-order valence-electron chi connectivity index (χ2n) is 9.36. The van der Waals surface area contributed by atoms with Crippen LogP contribution in [0.2, 0.25) is 0 Å². The Hall–Kier alpha value is -3.15. The van der Waals surface area contributed by atoms with Crippen molar-refractivity contribution in [3.8, 4) is 0 Å². The van der Waals surface area contributed by atoms with E-state index in [2.05, 4.69) is 106 Å². The molecule has 0 aliphatic carbocycles. The quantitative estimate of drug-likeness (QED) is 0.378. The third kappa shape index (κ3) is 3.12. The molecule has 0 spiro atoms. The highest BCUT2D eigenvalue weighted by Crippen LogP contribution is 2.52. The maximum atomic E-state index is 14.0. The molecule has 0 N–H and O–H groups in total. The molecule has 4 aromatic rings. The highest BCUT2D eigenvalue weighted by Gasteiger charge is 2.41. The van der Waals surface area contributed by atoms with Crippen LogP contribution < -0.4 is 15.9 Å². The predicted molar refractivity (Wildman–Crippen MR) is 139 cm³/mol. The summed E-state index contributed by atoms with van der Waals surface area (Å²) in [6.45, 7) is 4.34. The van der Waals surface area contributed by atoms with E-state index in [1.165, 1.54) is 16.2 Å². The first kappa shape index (κ1) is 20.7. The third-order valence-corrected chi connectivity index (χ3v) is 10.8. The van der Waals surface area contributed by atoms with Crippen molar-refractivity contribution in [2.24, 2.45) is 0 Å². The Morgan fingerprint density at radius 2 is 1.09 bits per heavy atom. The number of rotatable bonds is 3. The van der Waals surface area contributed by atoms with Crippen LogP contribution in [-0.2, 0) is 5.41 Å². The number of carbonyl (C=O) groups excluding carboxylic acids is 1. The van der Waals surface area contributed by atoms with Crippen LogP contribution in [0.4, 0.5) is 0 Å². The van der Waals surface area contributed by atoms with E-state index in [-0.39, 0.29) is 11.2 Å². The molecule has 0 fully saturated rings. The summed E-state index contributed by atoms with van der Waals surface area (Å²) in [4.78, 5) is 14.0. The summed E-state index contributed by atoms with van der Waals surface area (Å²) in [5.74, 6) is 0.158. The minimum atomic E-state index is -2.32. The van der Waals surface area contributed by atoms with Crippen LogP contribution in [0.1, 0.15) is 42.3 Å². The fourth-order valence-corrected chi connectivity index (χ4v) is 9.46. The first-order chi connectivity index (χ1) is 15.4. The van der Waals surface area contributed by atoms with Crippen molar-refractivity contribution in [1.82, 2.24) is 0 Å². The SMILES string of the molecule is CC(C)(C)c1ccc(C2=P(c3ccccc3)(c3ccccc3)c3ccccc3C2=O)cc1. The van der Waals surface area contributed by atoms with Gasteiger partial charge in [0.1, 0.15) is 0 Å². The molecular formula is C30H27OP. The molecule has 0 saturated heterocycles. The van der Waals surface area contributed by atoms with Crippen molar-refractivity contribution in [2.75, 3.05) is 0 Å². The van der Waals surface area contributed by atoms with Gasteiger partial charge in [0, 0.05) is 10.9 Å². The van der Waals surface area contributed by atoms with Crippen LogP contribution in [0.5, 0.6) is 0 Å². The molecule has 158 valence electrons. The second kappa shape index (κ2) is 7.76. The summed E-state index contributed by atoms with van der Waals surface area (Å²) < 4.78 is 0. The van der Waals surface area contributed by atoms with Crippen molar-refractivity contribution in [3.05, 3.63) is 126 Å². The lowest BCUT2D eigenvalue weighted by Crippen LogP contribution is -2.28. The molecule has 1 heterocycles. The molecule has 2 heteroatoms. The highest BCUT2D eigenvalue weighted by atomic mass is 31.2. The fraction of sp³-hybridized carbons (Fsp3) is 0.133. The van der Waals surface area contributed by atoms with Crippen LogP contribution >= 0.6 is 6.89 Å². The van der Waals surface area contributed by atoms with Gasteiger partial charge in [-0.25, -0.2) is 0 Å². The van der Waals surface area contributed by atoms with Gasteiger partial charge in [-0.2, -0.15) is 0 Å². The van der Waals surface area contributed by atoms with Gasteiger partial charge in [0.25, 0.3) is 0 Å². The second-order valence-corrected chi connectivity index (χ2v) is 12.7. The largest absolute Gasteiger partial charge is 0.288 e. The minimum Gasteiger partial charge on any atom is -0.288 e. The van der Waals surface area contributed by atoms with Gasteiger partial charge in [-0.3, -0.25) is 4.79 Å². The summed E-state index contributed by atoms with van der Waals surface area (Å²) in [5, 5.41) is 4.55. The highest BCUT2D eigenvalue weighted by molar-refractivity contribution is 7.98. The number of hydrogen-bond donors (Lipinski definition) is 0. The van der Waals surface area contributed by atoms with Crippen LogP contribution in [0.15, 0.2) is 109 Å². The van der Waals surface area contributed by atoms with E-state index in [0.717, 1.165) is 21.7 Å². The summed E-state index contributed by atoms with van der Waals surface area (Å²) >= 11 is 0.